The number of aliphatic hydroxyl groups is 1. The molecule has 1 aromatic carbocycles. The van der Waals surface area contributed by atoms with E-state index in [1.54, 1.807) is 0 Å². The van der Waals surface area contributed by atoms with E-state index in [2.05, 4.69) is 14.9 Å². The second-order valence-corrected chi connectivity index (χ2v) is 7.00. The van der Waals surface area contributed by atoms with Gasteiger partial charge in [0.2, 0.25) is 0 Å². The van der Waals surface area contributed by atoms with Gasteiger partial charge in [0.1, 0.15) is 23.8 Å². The van der Waals surface area contributed by atoms with Crippen LogP contribution < -0.4 is 4.74 Å². The number of benzene rings is 1. The fourth-order valence-electron chi connectivity index (χ4n) is 3.29. The quantitative estimate of drug-likeness (QED) is 0.875. The molecule has 5 nitrogen and oxygen atoms in total. The summed E-state index contributed by atoms with van der Waals surface area (Å²) in [6.07, 6.45) is 6.35. The highest BCUT2D eigenvalue weighted by molar-refractivity contribution is 5.27. The fourth-order valence-corrected chi connectivity index (χ4v) is 3.29. The van der Waals surface area contributed by atoms with Crippen LogP contribution in [-0.4, -0.2) is 45.3 Å². The number of aryl methyl sites for hydroxylation is 2. The summed E-state index contributed by atoms with van der Waals surface area (Å²) in [4.78, 5) is 11.0. The van der Waals surface area contributed by atoms with Crippen LogP contribution in [0.2, 0.25) is 0 Å². The molecule has 5 heteroatoms. The van der Waals surface area contributed by atoms with E-state index in [4.69, 9.17) is 4.74 Å². The van der Waals surface area contributed by atoms with E-state index in [0.29, 0.717) is 13.2 Å². The maximum absolute atomic E-state index is 10.9. The van der Waals surface area contributed by atoms with Crippen LogP contribution in [0.1, 0.15) is 36.7 Å². The largest absolute Gasteiger partial charge is 0.491 e. The summed E-state index contributed by atoms with van der Waals surface area (Å²) in [6, 6.07) is 7.94. The van der Waals surface area contributed by atoms with E-state index in [9.17, 15) is 5.11 Å². The Labute approximate surface area is 149 Å². The third-order valence-electron chi connectivity index (χ3n) is 4.61. The summed E-state index contributed by atoms with van der Waals surface area (Å²) in [5.74, 6) is 1.68. The monoisotopic (exact) mass is 341 g/mol. The molecule has 0 amide bonds. The minimum absolute atomic E-state index is 0.318. The van der Waals surface area contributed by atoms with Gasteiger partial charge in [-0.2, -0.15) is 0 Å². The van der Waals surface area contributed by atoms with Crippen molar-refractivity contribution in [1.82, 2.24) is 14.9 Å². The molecule has 2 aromatic rings. The third-order valence-corrected chi connectivity index (χ3v) is 4.61. The van der Waals surface area contributed by atoms with Crippen molar-refractivity contribution in [2.75, 3.05) is 19.7 Å². The van der Waals surface area contributed by atoms with Gasteiger partial charge in [-0.25, -0.2) is 9.97 Å². The SMILES string of the molecule is CCc1ncc(CN2CCC[C@@](O)(COc3cccc(C)c3)C2)cn1. The average molecular weight is 341 g/mol. The Morgan fingerprint density at radius 1 is 1.28 bits per heavy atom. The molecule has 0 spiro atoms. The van der Waals surface area contributed by atoms with Crippen LogP contribution >= 0.6 is 0 Å². The molecule has 0 unspecified atom stereocenters. The number of rotatable bonds is 6. The second-order valence-electron chi connectivity index (χ2n) is 7.00. The van der Waals surface area contributed by atoms with Gasteiger partial charge in [0.25, 0.3) is 0 Å². The van der Waals surface area contributed by atoms with E-state index in [1.807, 2.05) is 50.5 Å². The number of nitrogens with zero attached hydrogens (tertiary/aromatic N) is 3. The van der Waals surface area contributed by atoms with E-state index in [0.717, 1.165) is 55.1 Å². The molecule has 1 aliphatic heterocycles. The zero-order valence-electron chi connectivity index (χ0n) is 15.1. The molecule has 1 aromatic heterocycles. The minimum Gasteiger partial charge on any atom is -0.491 e. The molecule has 0 radical (unpaired) electrons. The summed E-state index contributed by atoms with van der Waals surface area (Å²) in [6.45, 7) is 6.75. The van der Waals surface area contributed by atoms with E-state index < -0.39 is 5.60 Å². The van der Waals surface area contributed by atoms with Gasteiger partial charge in [0.05, 0.1) is 0 Å². The normalized spacial score (nSPS) is 21.2. The molecule has 0 aliphatic carbocycles. The lowest BCUT2D eigenvalue weighted by Crippen LogP contribution is -2.51. The zero-order valence-corrected chi connectivity index (χ0v) is 15.1. The highest BCUT2D eigenvalue weighted by Gasteiger charge is 2.34. The molecular weight excluding hydrogens is 314 g/mol. The van der Waals surface area contributed by atoms with Crippen LogP contribution in [0, 0.1) is 6.92 Å². The number of hydrogen-bond donors (Lipinski definition) is 1. The molecular formula is C20H27N3O2. The van der Waals surface area contributed by atoms with Gasteiger partial charge in [-0.1, -0.05) is 19.1 Å². The Morgan fingerprint density at radius 2 is 2.08 bits per heavy atom. The lowest BCUT2D eigenvalue weighted by Gasteiger charge is -2.38. The van der Waals surface area contributed by atoms with E-state index in [1.165, 1.54) is 0 Å². The van der Waals surface area contributed by atoms with Crippen molar-refractivity contribution in [3.63, 3.8) is 0 Å². The van der Waals surface area contributed by atoms with E-state index >= 15 is 0 Å². The molecule has 1 fully saturated rings. The predicted molar refractivity (Wildman–Crippen MR) is 97.5 cm³/mol. The van der Waals surface area contributed by atoms with Crippen LogP contribution in [0.3, 0.4) is 0 Å². The van der Waals surface area contributed by atoms with Crippen molar-refractivity contribution in [2.45, 2.75) is 45.3 Å². The number of piperidine rings is 1. The van der Waals surface area contributed by atoms with Crippen molar-refractivity contribution >= 4 is 0 Å². The van der Waals surface area contributed by atoms with Crippen molar-refractivity contribution in [1.29, 1.82) is 0 Å². The molecule has 1 aliphatic rings. The third kappa shape index (κ3) is 5.00. The standard InChI is InChI=1S/C20H27N3O2/c1-3-19-21-11-17(12-22-19)13-23-9-5-8-20(24,14-23)15-25-18-7-4-6-16(2)10-18/h4,6-7,10-12,24H,3,5,8-9,13-15H2,1-2H3/t20-/m0/s1. The maximum Gasteiger partial charge on any atom is 0.127 e. The van der Waals surface area contributed by atoms with Gasteiger partial charge in [-0.05, 0) is 44.0 Å². The first-order valence-corrected chi connectivity index (χ1v) is 9.00. The first kappa shape index (κ1) is 17.8. The Balaban J connectivity index is 1.57. The summed E-state index contributed by atoms with van der Waals surface area (Å²) in [7, 11) is 0. The second kappa shape index (κ2) is 7.93. The van der Waals surface area contributed by atoms with Crippen molar-refractivity contribution in [3.8, 4) is 5.75 Å². The topological polar surface area (TPSA) is 58.5 Å². The van der Waals surface area contributed by atoms with Crippen molar-refractivity contribution < 1.29 is 9.84 Å². The Kier molecular flexibility index (Phi) is 5.66. The smallest absolute Gasteiger partial charge is 0.127 e. The molecule has 1 atom stereocenters. The van der Waals surface area contributed by atoms with Crippen LogP contribution in [-0.2, 0) is 13.0 Å². The van der Waals surface area contributed by atoms with Gasteiger partial charge in [0.15, 0.2) is 0 Å². The summed E-state index contributed by atoms with van der Waals surface area (Å²) in [5, 5.41) is 10.9. The lowest BCUT2D eigenvalue weighted by molar-refractivity contribution is -0.0621. The van der Waals surface area contributed by atoms with Gasteiger partial charge in [-0.15, -0.1) is 0 Å². The molecule has 134 valence electrons. The Morgan fingerprint density at radius 3 is 2.80 bits per heavy atom. The highest BCUT2D eigenvalue weighted by Crippen LogP contribution is 2.24. The minimum atomic E-state index is -0.813. The first-order chi connectivity index (χ1) is 12.1. The first-order valence-electron chi connectivity index (χ1n) is 9.00. The van der Waals surface area contributed by atoms with Crippen molar-refractivity contribution in [2.24, 2.45) is 0 Å². The van der Waals surface area contributed by atoms with Gasteiger partial charge >= 0.3 is 0 Å². The fraction of sp³-hybridized carbons (Fsp3) is 0.500. The molecule has 2 heterocycles. The number of β-amino-alcohol motifs (C(OH)–C–C–N with tert-alkyl or cyclic N) is 1. The number of aromatic nitrogens is 2. The van der Waals surface area contributed by atoms with Gasteiger partial charge < -0.3 is 9.84 Å². The summed E-state index contributed by atoms with van der Waals surface area (Å²) >= 11 is 0. The number of likely N-dealkylation sites (tertiary alicyclic amines) is 1. The van der Waals surface area contributed by atoms with Gasteiger partial charge in [-0.3, -0.25) is 4.90 Å². The average Bonchev–Trinajstić information content (AvgIpc) is 2.61. The molecule has 0 bridgehead atoms. The Bertz CT molecular complexity index is 690. The highest BCUT2D eigenvalue weighted by atomic mass is 16.5. The van der Waals surface area contributed by atoms with Crippen LogP contribution in [0.25, 0.3) is 0 Å². The lowest BCUT2D eigenvalue weighted by atomic mass is 9.93. The van der Waals surface area contributed by atoms with E-state index in [-0.39, 0.29) is 0 Å². The van der Waals surface area contributed by atoms with Gasteiger partial charge in [0, 0.05) is 37.5 Å². The molecule has 0 saturated carbocycles. The molecule has 25 heavy (non-hydrogen) atoms. The summed E-state index contributed by atoms with van der Waals surface area (Å²) < 4.78 is 5.86. The van der Waals surface area contributed by atoms with Crippen LogP contribution in [0.4, 0.5) is 0 Å². The summed E-state index contributed by atoms with van der Waals surface area (Å²) in [5.41, 5.74) is 1.43. The number of ether oxygens (including phenoxy) is 1. The Hall–Kier alpha value is -1.98. The van der Waals surface area contributed by atoms with Crippen LogP contribution in [0.15, 0.2) is 36.7 Å². The number of hydrogen-bond acceptors (Lipinski definition) is 5. The maximum atomic E-state index is 10.9. The van der Waals surface area contributed by atoms with Crippen LogP contribution in [0.5, 0.6) is 5.75 Å². The molecule has 1 saturated heterocycles. The van der Waals surface area contributed by atoms with Crippen molar-refractivity contribution in [3.05, 3.63) is 53.6 Å². The molecule has 3 rings (SSSR count). The zero-order chi connectivity index (χ0) is 17.7. The molecule has 1 N–H and O–H groups in total. The predicted octanol–water partition coefficient (Wildman–Crippen LogP) is 2.75.